The zero-order chi connectivity index (χ0) is 104. The lowest BCUT2D eigenvalue weighted by atomic mass is 9.67. The maximum Gasteiger partial charge on any atom is 0.380 e. The van der Waals surface area contributed by atoms with Gasteiger partial charge in [0.05, 0.1) is 23.0 Å². The molecule has 0 spiro atoms. The Hall–Kier alpha value is -7.64. The molecule has 9 nitrogen and oxygen atoms in total. The van der Waals surface area contributed by atoms with E-state index in [-0.39, 0.29) is 154 Å². The molecule has 28 heteroatoms. The standard InChI is InChI=1S/C59H68F6O5S3.C51H52F6O3S3.C4H9BrO.2CH4/c1-52(2,3)34-18-16-33(17-19-34)48-45(35-28-40(68-26-14-24-66-12)41(32-39(35)70-48)69-27-15-25-67-13)47-46(57(60,61)59(64,65)58(47,62)63)36-29-42(43-30-37-50(72-43)55(8,9)22-20-53(37,4)5)71-49(36)44-31-38-51(73-44)56(10,11)23-21-54(38,6)7;1-44(2,3)26-14-12-25(13-15-26)40-37(27-20-31(58)32(59)24-33(27)60-40)39-38(49(52,53)51(56,57)50(39,54)55)28-21-34(35-22-29-42(62-35)47(8,9)18-16-45(29,4)5)61-41(28)36-23-30-43(63-36)48(10,11)19-17-46(30,6)7;1-6-4-2-3-5;;/h16-19,28-32H,14-15,20-27H2,1-13H3;12-15,20-24,58-59H,16-19H2,1-11H3;2-4H2,1H3;2*1H4. The number of phenols is 2. The topological polar surface area (TPSA) is 113 Å². The van der Waals surface area contributed by atoms with Gasteiger partial charge < -0.3 is 42.7 Å². The number of benzene rings is 4. The first-order valence-corrected chi connectivity index (χ1v) is 54.6. The van der Waals surface area contributed by atoms with Crippen molar-refractivity contribution >= 4 is 128 Å². The first kappa shape index (κ1) is 112. The van der Waals surface area contributed by atoms with E-state index < -0.39 is 86.0 Å². The molecule has 0 saturated carbocycles. The van der Waals surface area contributed by atoms with E-state index in [9.17, 15) is 10.2 Å². The van der Waals surface area contributed by atoms with E-state index in [1.165, 1.54) is 74.5 Å². The number of phenolic OH excluding ortho intramolecular Hbond substituents is 2. The maximum atomic E-state index is 17.7. The lowest BCUT2D eigenvalue weighted by Crippen LogP contribution is -2.48. The highest BCUT2D eigenvalue weighted by molar-refractivity contribution is 9.09. The highest BCUT2D eigenvalue weighted by atomic mass is 79.9. The van der Waals surface area contributed by atoms with Crippen molar-refractivity contribution in [3.05, 3.63) is 184 Å². The third kappa shape index (κ3) is 19.4. The third-order valence-electron chi connectivity index (χ3n) is 30.1. The normalized spacial score (nSPS) is 20.0. The molecule has 0 radical (unpaired) electrons. The van der Waals surface area contributed by atoms with Gasteiger partial charge in [-0.2, -0.15) is 52.7 Å². The van der Waals surface area contributed by atoms with Crippen molar-refractivity contribution in [2.75, 3.05) is 59.7 Å². The van der Waals surface area contributed by atoms with E-state index in [4.69, 9.17) is 32.5 Å². The minimum absolute atomic E-state index is 0. The molecule has 0 aliphatic heterocycles. The Bertz CT molecular complexity index is 6730. The molecule has 0 amide bonds. The number of hydrogen-bond acceptors (Lipinski definition) is 15. The summed E-state index contributed by atoms with van der Waals surface area (Å²) in [6.07, 6.45) is 9.25. The summed E-state index contributed by atoms with van der Waals surface area (Å²) in [6.45, 7) is 48.5. The van der Waals surface area contributed by atoms with Gasteiger partial charge in [0.2, 0.25) is 0 Å². The number of ether oxygens (including phenoxy) is 5. The van der Waals surface area contributed by atoms with Crippen LogP contribution in [0.5, 0.6) is 23.0 Å². The quantitative estimate of drug-likeness (QED) is 0.0280. The molecule has 0 saturated heterocycles. The number of halogens is 13. The third-order valence-corrected chi connectivity index (χ3v) is 39.7. The molecule has 6 aliphatic carbocycles. The SMILES string of the molecule is C.C.CC(C)(C)c1ccc(-c2oc3cc(O)c(O)cc3c2C2=C(c3cc(-c4cc5c(s4)C(C)(C)CCC5(C)C)sc3-c3cc4c(s3)C(C)(C)CCC4(C)C)C(F)(F)C(F)(F)C2(F)F)cc1.COCCCBr.COCCCOc1cc2oc(-c3ccc(C(C)(C)C)cc3)c(C3=C(c4cc(-c5cc6c(s5)C(C)(C)CCC6(C)C)sc4-c4cc5c(s4)C(C)(C)CCC5(C)C)C(F)(F)C(F)(F)C3(F)F)c2cc1OCCCOC. The fourth-order valence-electron chi connectivity index (χ4n) is 20.7. The number of fused-ring (bicyclic) bond motifs is 6. The van der Waals surface area contributed by atoms with Crippen molar-refractivity contribution in [3.8, 4) is 84.7 Å². The zero-order valence-corrected chi connectivity index (χ0v) is 92.0. The molecule has 0 fully saturated rings. The molecule has 0 unspecified atom stereocenters. The van der Waals surface area contributed by atoms with E-state index >= 15 is 52.7 Å². The zero-order valence-electron chi connectivity index (χ0n) is 85.5. The van der Waals surface area contributed by atoms with E-state index in [2.05, 4.69) is 139 Å². The number of allylic oxidation sites excluding steroid dienone is 4. The molecule has 6 aliphatic rings. The van der Waals surface area contributed by atoms with Crippen LogP contribution in [0.4, 0.5) is 52.7 Å². The number of methoxy groups -OCH3 is 3. The molecular weight excluding hydrogens is 2040 g/mol. The largest absolute Gasteiger partial charge is 0.504 e. The number of hydrogen-bond donors (Lipinski definition) is 2. The Balaban J connectivity index is 0.000000215. The van der Waals surface area contributed by atoms with Gasteiger partial charge in [-0.05, 0) is 194 Å². The predicted molar refractivity (Wildman–Crippen MR) is 578 cm³/mol. The molecule has 0 atom stereocenters. The van der Waals surface area contributed by atoms with Gasteiger partial charge in [0.1, 0.15) is 22.7 Å². The Labute approximate surface area is 873 Å². The van der Waals surface area contributed by atoms with Gasteiger partial charge in [-0.25, -0.2) is 0 Å². The predicted octanol–water partition coefficient (Wildman–Crippen LogP) is 37.8. The number of rotatable bonds is 23. The number of furan rings is 2. The average molecular weight is 2180 g/mol. The lowest BCUT2D eigenvalue weighted by molar-refractivity contribution is -0.254. The van der Waals surface area contributed by atoms with Gasteiger partial charge in [0.15, 0.2) is 23.0 Å². The second kappa shape index (κ2) is 39.0. The highest BCUT2D eigenvalue weighted by Gasteiger charge is 2.82. The molecule has 8 aromatic heterocycles. The summed E-state index contributed by atoms with van der Waals surface area (Å²) in [5, 5.41) is 21.9. The summed E-state index contributed by atoms with van der Waals surface area (Å²) >= 11 is 11.6. The smallest absolute Gasteiger partial charge is 0.380 e. The Morgan fingerprint density at radius 2 is 0.611 bits per heavy atom. The van der Waals surface area contributed by atoms with Gasteiger partial charge in [0, 0.05) is 187 Å². The fourth-order valence-corrected chi connectivity index (χ4v) is 29.5. The van der Waals surface area contributed by atoms with E-state index in [0.717, 1.165) is 151 Å². The van der Waals surface area contributed by atoms with Crippen LogP contribution in [-0.2, 0) is 68.4 Å². The minimum Gasteiger partial charge on any atom is -0.504 e. The van der Waals surface area contributed by atoms with Crippen molar-refractivity contribution in [1.82, 2.24) is 0 Å². The highest BCUT2D eigenvalue weighted by Crippen LogP contribution is 2.72. The molecule has 12 aromatic rings. The van der Waals surface area contributed by atoms with Gasteiger partial charge >= 0.3 is 35.5 Å². The van der Waals surface area contributed by atoms with Crippen LogP contribution >= 0.6 is 84.0 Å². The van der Waals surface area contributed by atoms with Crippen LogP contribution in [0.25, 0.3) is 106 Å². The first-order chi connectivity index (χ1) is 65.8. The summed E-state index contributed by atoms with van der Waals surface area (Å²) in [6, 6.07) is 29.3. The summed E-state index contributed by atoms with van der Waals surface area (Å²) in [5.74, 6) is -35.1. The number of alkyl halides is 13. The van der Waals surface area contributed by atoms with Crippen molar-refractivity contribution < 1.29 is 95.4 Å². The molecule has 2 N–H and O–H groups in total. The van der Waals surface area contributed by atoms with Crippen LogP contribution in [0, 0.1) is 0 Å². The van der Waals surface area contributed by atoms with Crippen LogP contribution in [0.2, 0.25) is 0 Å². The van der Waals surface area contributed by atoms with Gasteiger partial charge in [-0.1, -0.05) is 232 Å². The second-order valence-electron chi connectivity index (χ2n) is 46.5. The van der Waals surface area contributed by atoms with Crippen molar-refractivity contribution in [1.29, 1.82) is 0 Å². The Morgan fingerprint density at radius 1 is 0.333 bits per heavy atom. The monoisotopic (exact) mass is 2170 g/mol. The summed E-state index contributed by atoms with van der Waals surface area (Å²) in [4.78, 5) is 8.55. The summed E-state index contributed by atoms with van der Waals surface area (Å²) in [7, 11) is 4.83. The molecule has 4 aromatic carbocycles. The molecule has 144 heavy (non-hydrogen) atoms. The van der Waals surface area contributed by atoms with Crippen LogP contribution in [0.3, 0.4) is 0 Å². The van der Waals surface area contributed by atoms with E-state index in [1.807, 2.05) is 53.7 Å². The minimum atomic E-state index is -5.88. The Kier molecular flexibility index (Phi) is 30.3. The van der Waals surface area contributed by atoms with Crippen LogP contribution in [-0.4, -0.2) is 105 Å². The summed E-state index contributed by atoms with van der Waals surface area (Å²) < 4.78 is 247. The van der Waals surface area contributed by atoms with E-state index in [0.29, 0.717) is 45.6 Å². The molecule has 18 rings (SSSR count). The van der Waals surface area contributed by atoms with Gasteiger partial charge in [-0.15, -0.1) is 68.0 Å². The lowest BCUT2D eigenvalue weighted by Gasteiger charge is -2.39. The fraction of sp³-hybridized carbons (Fsp3) is 0.517. The second-order valence-corrected chi connectivity index (χ2v) is 53.6. The van der Waals surface area contributed by atoms with Crippen LogP contribution < -0.4 is 9.47 Å². The van der Waals surface area contributed by atoms with E-state index in [1.54, 1.807) is 81.2 Å². The number of thiophene rings is 6. The molecule has 0 bridgehead atoms. The van der Waals surface area contributed by atoms with Crippen molar-refractivity contribution in [3.63, 3.8) is 0 Å². The molecule has 782 valence electrons. The van der Waals surface area contributed by atoms with Gasteiger partial charge in [-0.3, -0.25) is 0 Å². The van der Waals surface area contributed by atoms with Crippen molar-refractivity contribution in [2.45, 2.75) is 327 Å². The first-order valence-electron chi connectivity index (χ1n) is 48.6. The van der Waals surface area contributed by atoms with Crippen LogP contribution in [0.15, 0.2) is 118 Å². The summed E-state index contributed by atoms with van der Waals surface area (Å²) in [5.41, 5.74) is -4.30. The van der Waals surface area contributed by atoms with Crippen LogP contribution in [0.1, 0.15) is 313 Å². The molecule has 8 heterocycles. The van der Waals surface area contributed by atoms with Gasteiger partial charge in [0.25, 0.3) is 0 Å². The van der Waals surface area contributed by atoms with Crippen molar-refractivity contribution in [2.24, 2.45) is 0 Å². The average Bonchev–Trinajstić information content (AvgIpc) is 1.52. The Morgan fingerprint density at radius 3 is 0.924 bits per heavy atom. The molecular formula is C116H137BrF12O9S6. The number of aromatic hydroxyl groups is 2. The maximum absolute atomic E-state index is 17.7.